The van der Waals surface area contributed by atoms with Gasteiger partial charge in [0.2, 0.25) is 0 Å². The normalized spacial score (nSPS) is 12.5. The van der Waals surface area contributed by atoms with Crippen molar-refractivity contribution in [3.05, 3.63) is 0 Å². The average molecular weight is 541 g/mol. The quantitative estimate of drug-likeness (QED) is 0.0605. The molecule has 0 heterocycles. The first-order valence-corrected chi connectivity index (χ1v) is 17.5. The van der Waals surface area contributed by atoms with Gasteiger partial charge in [-0.3, -0.25) is 0 Å². The zero-order valence-electron chi connectivity index (χ0n) is 26.6. The van der Waals surface area contributed by atoms with Crippen LogP contribution in [0.3, 0.4) is 0 Å². The van der Waals surface area contributed by atoms with Crippen molar-refractivity contribution >= 4 is 0 Å². The zero-order valence-corrected chi connectivity index (χ0v) is 26.6. The summed E-state index contributed by atoms with van der Waals surface area (Å²) in [5.74, 6) is -2.57. The summed E-state index contributed by atoms with van der Waals surface area (Å²) in [4.78, 5) is 0. The molecule has 3 N–H and O–H groups in total. The Morgan fingerprint density at radius 2 is 0.500 bits per heavy atom. The Morgan fingerprint density at radius 1 is 0.316 bits per heavy atom. The molecule has 0 bridgehead atoms. The van der Waals surface area contributed by atoms with Gasteiger partial charge in [-0.25, -0.2) is 0 Å². The first-order chi connectivity index (χ1) is 18.4. The highest BCUT2D eigenvalue weighted by atomic mass is 16.7. The molecule has 0 aliphatic carbocycles. The maximum absolute atomic E-state index is 10.1. The van der Waals surface area contributed by atoms with Crippen molar-refractivity contribution in [3.8, 4) is 0 Å². The molecule has 0 aromatic heterocycles. The molecule has 0 fully saturated rings. The van der Waals surface area contributed by atoms with Crippen LogP contribution in [0.15, 0.2) is 0 Å². The van der Waals surface area contributed by atoms with Gasteiger partial charge in [-0.05, 0) is 12.8 Å². The largest absolute Gasteiger partial charge is 0.343 e. The van der Waals surface area contributed by atoms with Gasteiger partial charge in [0.05, 0.1) is 0 Å². The molecule has 0 rings (SSSR count). The Balaban J connectivity index is 3.68. The Hall–Kier alpha value is -0.120. The van der Waals surface area contributed by atoms with Gasteiger partial charge in [0.15, 0.2) is 0 Å². The minimum absolute atomic E-state index is 0.687. The highest BCUT2D eigenvalue weighted by Gasteiger charge is 2.43. The monoisotopic (exact) mass is 541 g/mol. The van der Waals surface area contributed by atoms with Crippen molar-refractivity contribution in [2.75, 3.05) is 0 Å². The standard InChI is InChI=1S/C35H72O3/c1-4-6-8-10-12-14-16-18-20-22-24-26-28-30-32-34(3,35(36,37)38)33-31-29-27-25-23-21-19-17-15-13-11-9-7-5-2/h36-38H,4-33H2,1-3H3. The number of hydrogen-bond donors (Lipinski definition) is 3. The Morgan fingerprint density at radius 3 is 0.684 bits per heavy atom. The van der Waals surface area contributed by atoms with E-state index < -0.39 is 11.4 Å². The van der Waals surface area contributed by atoms with Crippen LogP contribution in [0.5, 0.6) is 0 Å². The molecule has 3 nitrogen and oxygen atoms in total. The van der Waals surface area contributed by atoms with Crippen molar-refractivity contribution in [1.29, 1.82) is 0 Å². The third-order valence-corrected chi connectivity index (χ3v) is 8.97. The molecule has 0 aromatic carbocycles. The van der Waals surface area contributed by atoms with Gasteiger partial charge in [0.1, 0.15) is 0 Å². The second-order valence-electron chi connectivity index (χ2n) is 12.9. The summed E-state index contributed by atoms with van der Waals surface area (Å²) in [6.07, 6.45) is 38.3. The fourth-order valence-electron chi connectivity index (χ4n) is 5.88. The van der Waals surface area contributed by atoms with Crippen LogP contribution >= 0.6 is 0 Å². The number of hydrogen-bond acceptors (Lipinski definition) is 3. The highest BCUT2D eigenvalue weighted by molar-refractivity contribution is 4.81. The molecule has 230 valence electrons. The van der Waals surface area contributed by atoms with Gasteiger partial charge in [-0.1, -0.05) is 201 Å². The van der Waals surface area contributed by atoms with Crippen molar-refractivity contribution < 1.29 is 15.3 Å². The molecule has 3 heteroatoms. The van der Waals surface area contributed by atoms with Crippen molar-refractivity contribution in [2.45, 2.75) is 219 Å². The van der Waals surface area contributed by atoms with Gasteiger partial charge in [0.25, 0.3) is 5.97 Å². The van der Waals surface area contributed by atoms with E-state index in [0.29, 0.717) is 12.8 Å². The first-order valence-electron chi connectivity index (χ1n) is 17.5. The maximum atomic E-state index is 10.1. The lowest BCUT2D eigenvalue weighted by atomic mass is 9.77. The van der Waals surface area contributed by atoms with E-state index in [1.807, 2.05) is 6.92 Å². The van der Waals surface area contributed by atoms with E-state index in [0.717, 1.165) is 25.7 Å². The molecule has 0 aliphatic heterocycles. The summed E-state index contributed by atoms with van der Waals surface area (Å²) < 4.78 is 0. The van der Waals surface area contributed by atoms with E-state index >= 15 is 0 Å². The lowest BCUT2D eigenvalue weighted by molar-refractivity contribution is -0.374. The predicted molar refractivity (Wildman–Crippen MR) is 167 cm³/mol. The first kappa shape index (κ1) is 37.9. The molecule has 0 amide bonds. The third-order valence-electron chi connectivity index (χ3n) is 8.97. The minimum Gasteiger partial charge on any atom is -0.343 e. The van der Waals surface area contributed by atoms with Crippen LogP contribution in [0.4, 0.5) is 0 Å². The second-order valence-corrected chi connectivity index (χ2v) is 12.9. The molecule has 0 atom stereocenters. The van der Waals surface area contributed by atoms with E-state index in [1.165, 1.54) is 154 Å². The van der Waals surface area contributed by atoms with Crippen molar-refractivity contribution in [1.82, 2.24) is 0 Å². The fourth-order valence-corrected chi connectivity index (χ4v) is 5.88. The zero-order chi connectivity index (χ0) is 28.2. The van der Waals surface area contributed by atoms with Crippen LogP contribution in [0.2, 0.25) is 0 Å². The molecular weight excluding hydrogens is 468 g/mol. The van der Waals surface area contributed by atoms with Crippen molar-refractivity contribution in [3.63, 3.8) is 0 Å². The molecular formula is C35H72O3. The second kappa shape index (κ2) is 27.1. The Kier molecular flexibility index (Phi) is 27.0. The fraction of sp³-hybridized carbons (Fsp3) is 1.00. The van der Waals surface area contributed by atoms with E-state index in [9.17, 15) is 15.3 Å². The van der Waals surface area contributed by atoms with Crippen LogP contribution in [-0.4, -0.2) is 21.3 Å². The number of aliphatic hydroxyl groups is 3. The van der Waals surface area contributed by atoms with Gasteiger partial charge < -0.3 is 15.3 Å². The molecule has 0 saturated heterocycles. The molecule has 38 heavy (non-hydrogen) atoms. The molecule has 0 unspecified atom stereocenters. The van der Waals surface area contributed by atoms with Gasteiger partial charge in [0, 0.05) is 5.41 Å². The van der Waals surface area contributed by atoms with Crippen LogP contribution in [0.1, 0.15) is 213 Å². The highest BCUT2D eigenvalue weighted by Crippen LogP contribution is 2.39. The van der Waals surface area contributed by atoms with E-state index in [4.69, 9.17) is 0 Å². The molecule has 0 radical (unpaired) electrons. The molecule has 0 spiro atoms. The summed E-state index contributed by atoms with van der Waals surface area (Å²) >= 11 is 0. The summed E-state index contributed by atoms with van der Waals surface area (Å²) in [5.41, 5.74) is -0.818. The van der Waals surface area contributed by atoms with Crippen LogP contribution in [0, 0.1) is 5.41 Å². The summed E-state index contributed by atoms with van der Waals surface area (Å²) in [5, 5.41) is 30.2. The number of rotatable bonds is 31. The van der Waals surface area contributed by atoms with Crippen LogP contribution < -0.4 is 0 Å². The molecule has 0 saturated carbocycles. The molecule has 0 aliphatic rings. The van der Waals surface area contributed by atoms with Crippen LogP contribution in [-0.2, 0) is 0 Å². The summed E-state index contributed by atoms with van der Waals surface area (Å²) in [6.45, 7) is 6.41. The average Bonchev–Trinajstić information content (AvgIpc) is 2.88. The third kappa shape index (κ3) is 23.7. The summed E-state index contributed by atoms with van der Waals surface area (Å²) in [6, 6.07) is 0. The van der Waals surface area contributed by atoms with E-state index in [-0.39, 0.29) is 0 Å². The predicted octanol–water partition coefficient (Wildman–Crippen LogP) is 11.4. The van der Waals surface area contributed by atoms with Gasteiger partial charge >= 0.3 is 0 Å². The van der Waals surface area contributed by atoms with E-state index in [1.54, 1.807) is 0 Å². The minimum atomic E-state index is -2.57. The lowest BCUT2D eigenvalue weighted by Gasteiger charge is -2.37. The van der Waals surface area contributed by atoms with Crippen molar-refractivity contribution in [2.24, 2.45) is 5.41 Å². The Labute approximate surface area is 240 Å². The SMILES string of the molecule is CCCCCCCCCCCCCCCCC(C)(CCCCCCCCCCCCCCCC)C(O)(O)O. The topological polar surface area (TPSA) is 60.7 Å². The van der Waals surface area contributed by atoms with Gasteiger partial charge in [-0.15, -0.1) is 0 Å². The van der Waals surface area contributed by atoms with E-state index in [2.05, 4.69) is 13.8 Å². The maximum Gasteiger partial charge on any atom is 0.280 e. The molecule has 0 aromatic rings. The lowest BCUT2D eigenvalue weighted by Crippen LogP contribution is -2.46. The smallest absolute Gasteiger partial charge is 0.280 e. The summed E-state index contributed by atoms with van der Waals surface area (Å²) in [7, 11) is 0. The Bertz CT molecular complexity index is 425. The van der Waals surface area contributed by atoms with Crippen LogP contribution in [0.25, 0.3) is 0 Å². The van der Waals surface area contributed by atoms with Gasteiger partial charge in [-0.2, -0.15) is 0 Å². The number of unbranched alkanes of at least 4 members (excludes halogenated alkanes) is 26.